The fraction of sp³-hybridized carbons (Fsp3) is 0.868. The number of hydrogen-bond acceptors (Lipinski definition) is 10. The Kier molecular flexibility index (Phi) is 53.7. The summed E-state index contributed by atoms with van der Waals surface area (Å²) in [6.07, 6.45) is 61.8. The van der Waals surface area contributed by atoms with E-state index in [1.54, 1.807) is 0 Å². The number of hydrogen-bond donors (Lipinski definition) is 8. The molecule has 9 unspecified atom stereocenters. The van der Waals surface area contributed by atoms with E-state index in [-0.39, 0.29) is 12.8 Å². The van der Waals surface area contributed by atoms with Crippen LogP contribution in [0.15, 0.2) is 48.6 Å². The summed E-state index contributed by atoms with van der Waals surface area (Å²) >= 11 is 0. The molecular formula is C68H127NO10. The molecule has 11 heteroatoms. The number of nitrogens with one attached hydrogen (secondary N) is 1. The SMILES string of the molecule is CCCCCCCCCCC/C=C\C/C=C\CCCCCCCCCCCCC(O)C(=O)NC(COC1OC(CO)C(O)C(O)C1O)C(O)C(O)CCC/C=C/CC/C=C/CCCCCCCCCCCCCCCCCCC. The average Bonchev–Trinajstić information content (AvgIpc) is 3.46. The molecule has 11 nitrogen and oxygen atoms in total. The fourth-order valence-corrected chi connectivity index (χ4v) is 10.7. The summed E-state index contributed by atoms with van der Waals surface area (Å²) < 4.78 is 11.2. The number of unbranched alkanes of at least 4 members (excludes halogenated alkanes) is 38. The highest BCUT2D eigenvalue weighted by molar-refractivity contribution is 5.80. The minimum Gasteiger partial charge on any atom is -0.394 e. The van der Waals surface area contributed by atoms with Crippen molar-refractivity contribution in [2.24, 2.45) is 0 Å². The number of carbonyl (C=O) groups excluding carboxylic acids is 1. The van der Waals surface area contributed by atoms with E-state index in [2.05, 4.69) is 67.8 Å². The lowest BCUT2D eigenvalue weighted by atomic mass is 9.98. The highest BCUT2D eigenvalue weighted by Gasteiger charge is 2.44. The van der Waals surface area contributed by atoms with Gasteiger partial charge in [-0.2, -0.15) is 0 Å². The fourth-order valence-electron chi connectivity index (χ4n) is 10.7. The van der Waals surface area contributed by atoms with Crippen LogP contribution in [0.1, 0.15) is 309 Å². The van der Waals surface area contributed by atoms with E-state index >= 15 is 0 Å². The number of aliphatic hydroxyl groups is 7. The first-order valence-corrected chi connectivity index (χ1v) is 33.5. The zero-order valence-electron chi connectivity index (χ0n) is 51.1. The Hall–Kier alpha value is -1.93. The molecule has 464 valence electrons. The normalized spacial score (nSPS) is 19.6. The van der Waals surface area contributed by atoms with E-state index < -0.39 is 74.2 Å². The van der Waals surface area contributed by atoms with Gasteiger partial charge in [0.05, 0.1) is 25.4 Å². The molecule has 0 aliphatic carbocycles. The molecule has 79 heavy (non-hydrogen) atoms. The molecule has 0 aromatic carbocycles. The van der Waals surface area contributed by atoms with Crippen LogP contribution in [0.3, 0.4) is 0 Å². The van der Waals surface area contributed by atoms with E-state index in [0.29, 0.717) is 19.3 Å². The van der Waals surface area contributed by atoms with Gasteiger partial charge in [0.1, 0.15) is 36.6 Å². The van der Waals surface area contributed by atoms with Gasteiger partial charge in [-0.25, -0.2) is 0 Å². The molecule has 1 aliphatic rings. The zero-order valence-corrected chi connectivity index (χ0v) is 51.1. The summed E-state index contributed by atoms with van der Waals surface area (Å²) in [6.45, 7) is 3.47. The summed E-state index contributed by atoms with van der Waals surface area (Å²) in [4.78, 5) is 13.2. The molecule has 1 fully saturated rings. The summed E-state index contributed by atoms with van der Waals surface area (Å²) in [6, 6.07) is -1.20. The second-order valence-corrected chi connectivity index (χ2v) is 23.5. The van der Waals surface area contributed by atoms with Gasteiger partial charge >= 0.3 is 0 Å². The number of rotatable bonds is 58. The summed E-state index contributed by atoms with van der Waals surface area (Å²) in [7, 11) is 0. The minimum atomic E-state index is -1.67. The predicted molar refractivity (Wildman–Crippen MR) is 330 cm³/mol. The Bertz CT molecular complexity index is 1420. The van der Waals surface area contributed by atoms with E-state index in [9.17, 15) is 40.5 Å². The van der Waals surface area contributed by atoms with Gasteiger partial charge in [-0.3, -0.25) is 4.79 Å². The quantitative estimate of drug-likeness (QED) is 0.0215. The van der Waals surface area contributed by atoms with Gasteiger partial charge in [0.2, 0.25) is 5.91 Å². The van der Waals surface area contributed by atoms with Gasteiger partial charge in [0.15, 0.2) is 6.29 Å². The van der Waals surface area contributed by atoms with E-state index in [0.717, 1.165) is 51.4 Å². The maximum atomic E-state index is 13.2. The largest absolute Gasteiger partial charge is 0.394 e. The summed E-state index contributed by atoms with van der Waals surface area (Å²) in [5.41, 5.74) is 0. The minimum absolute atomic E-state index is 0.245. The van der Waals surface area contributed by atoms with E-state index in [4.69, 9.17) is 9.47 Å². The molecular weight excluding hydrogens is 991 g/mol. The van der Waals surface area contributed by atoms with Crippen LogP contribution in [-0.4, -0.2) is 110 Å². The maximum Gasteiger partial charge on any atom is 0.249 e. The zero-order chi connectivity index (χ0) is 57.5. The third-order valence-electron chi connectivity index (χ3n) is 16.1. The van der Waals surface area contributed by atoms with Crippen LogP contribution in [0.4, 0.5) is 0 Å². The maximum absolute atomic E-state index is 13.2. The molecule has 8 N–H and O–H groups in total. The van der Waals surface area contributed by atoms with Crippen LogP contribution in [0.5, 0.6) is 0 Å². The Labute approximate surface area is 485 Å². The van der Waals surface area contributed by atoms with Gasteiger partial charge in [-0.15, -0.1) is 0 Å². The smallest absolute Gasteiger partial charge is 0.249 e. The van der Waals surface area contributed by atoms with Crippen LogP contribution in [0.25, 0.3) is 0 Å². The molecule has 0 bridgehead atoms. The second-order valence-electron chi connectivity index (χ2n) is 23.5. The Morgan fingerprint density at radius 2 is 0.797 bits per heavy atom. The van der Waals surface area contributed by atoms with Crippen molar-refractivity contribution in [2.75, 3.05) is 13.2 Å². The predicted octanol–water partition coefficient (Wildman–Crippen LogP) is 15.6. The standard InChI is InChI=1S/C68H127NO10/c1-3-5-7-9-11-13-15-17-19-21-23-25-27-29-31-33-35-37-39-41-43-45-47-49-51-53-55-60(71)63(73)59(58-78-68-66(76)65(75)64(74)62(57-70)79-68)69-67(77)61(72)56-54-52-50-48-46-44-42-40-38-36-34-32-30-28-26-24-22-20-18-16-14-12-10-8-6-4-2/h24,26,30,32,39,41,47,49,59-66,68,70-76H,3-23,25,27-29,31,33-38,40,42-46,48,50-58H2,1-2H3,(H,69,77)/b26-24-,32-30-,41-39+,49-47+. The van der Waals surface area contributed by atoms with Crippen molar-refractivity contribution in [3.8, 4) is 0 Å². The van der Waals surface area contributed by atoms with Crippen LogP contribution in [0.2, 0.25) is 0 Å². The molecule has 1 aliphatic heterocycles. The third-order valence-corrected chi connectivity index (χ3v) is 16.1. The third kappa shape index (κ3) is 44.3. The van der Waals surface area contributed by atoms with Gasteiger partial charge in [0, 0.05) is 0 Å². The van der Waals surface area contributed by atoms with Crippen LogP contribution >= 0.6 is 0 Å². The lowest BCUT2D eigenvalue weighted by molar-refractivity contribution is -0.303. The second kappa shape index (κ2) is 56.5. The molecule has 9 atom stereocenters. The van der Waals surface area contributed by atoms with Crippen LogP contribution < -0.4 is 5.32 Å². The lowest BCUT2D eigenvalue weighted by Crippen LogP contribution is -2.60. The van der Waals surface area contributed by atoms with E-state index in [1.807, 2.05) is 0 Å². The van der Waals surface area contributed by atoms with Crippen molar-refractivity contribution < 1.29 is 50.0 Å². The first-order chi connectivity index (χ1) is 38.7. The van der Waals surface area contributed by atoms with Gasteiger partial charge in [-0.05, 0) is 83.5 Å². The topological polar surface area (TPSA) is 189 Å². The number of carbonyl (C=O) groups is 1. The molecule has 0 aromatic rings. The first kappa shape index (κ1) is 75.1. The molecule has 1 heterocycles. The molecule has 1 amide bonds. The number of aliphatic hydroxyl groups excluding tert-OH is 7. The Morgan fingerprint density at radius 3 is 1.20 bits per heavy atom. The van der Waals surface area contributed by atoms with Gasteiger partial charge < -0.3 is 50.5 Å². The average molecular weight is 1120 g/mol. The summed E-state index contributed by atoms with van der Waals surface area (Å²) in [5.74, 6) is -0.710. The van der Waals surface area contributed by atoms with Crippen molar-refractivity contribution in [1.29, 1.82) is 0 Å². The Morgan fingerprint density at radius 1 is 0.443 bits per heavy atom. The molecule has 0 saturated carbocycles. The van der Waals surface area contributed by atoms with Gasteiger partial charge in [-0.1, -0.05) is 274 Å². The van der Waals surface area contributed by atoms with Crippen molar-refractivity contribution in [2.45, 2.75) is 364 Å². The molecule has 0 aromatic heterocycles. The van der Waals surface area contributed by atoms with Gasteiger partial charge in [0.25, 0.3) is 0 Å². The lowest BCUT2D eigenvalue weighted by Gasteiger charge is -2.40. The Balaban J connectivity index is 2.27. The van der Waals surface area contributed by atoms with Crippen molar-refractivity contribution >= 4 is 5.91 Å². The van der Waals surface area contributed by atoms with Crippen LogP contribution in [0, 0.1) is 0 Å². The van der Waals surface area contributed by atoms with E-state index in [1.165, 1.54) is 212 Å². The highest BCUT2D eigenvalue weighted by Crippen LogP contribution is 2.24. The number of amides is 1. The molecule has 0 radical (unpaired) electrons. The molecule has 0 spiro atoms. The van der Waals surface area contributed by atoms with Crippen molar-refractivity contribution in [3.05, 3.63) is 48.6 Å². The monoisotopic (exact) mass is 1120 g/mol. The van der Waals surface area contributed by atoms with Crippen molar-refractivity contribution in [3.63, 3.8) is 0 Å². The number of ether oxygens (including phenoxy) is 2. The number of allylic oxidation sites excluding steroid dienone is 8. The first-order valence-electron chi connectivity index (χ1n) is 33.5. The highest BCUT2D eigenvalue weighted by atomic mass is 16.7. The van der Waals surface area contributed by atoms with Crippen molar-refractivity contribution in [1.82, 2.24) is 5.32 Å². The molecule has 1 rings (SSSR count). The van der Waals surface area contributed by atoms with Crippen LogP contribution in [-0.2, 0) is 14.3 Å². The summed E-state index contributed by atoms with van der Waals surface area (Å²) in [5, 5.41) is 76.4. The molecule has 1 saturated heterocycles.